The van der Waals surface area contributed by atoms with Gasteiger partial charge >= 0.3 is 0 Å². The van der Waals surface area contributed by atoms with Crippen LogP contribution in [0.5, 0.6) is 17.2 Å². The normalized spacial score (nSPS) is 10.9. The number of carbonyl (C=O) groups excluding carboxylic acids is 1. The van der Waals surface area contributed by atoms with Gasteiger partial charge < -0.3 is 19.5 Å². The van der Waals surface area contributed by atoms with Crippen molar-refractivity contribution in [3.05, 3.63) is 91.5 Å². The molecule has 0 atom stereocenters. The number of nitrogens with zero attached hydrogens (tertiary/aromatic N) is 1. The summed E-state index contributed by atoms with van der Waals surface area (Å²) in [7, 11) is 3.12. The Labute approximate surface area is 217 Å². The Morgan fingerprint density at radius 2 is 1.82 bits per heavy atom. The highest BCUT2D eigenvalue weighted by Crippen LogP contribution is 2.26. The van der Waals surface area contributed by atoms with Gasteiger partial charge in [0.2, 0.25) is 0 Å². The Bertz CT molecular complexity index is 1240. The molecule has 174 valence electrons. The molecule has 0 aliphatic heterocycles. The fourth-order valence-corrected chi connectivity index (χ4v) is 3.87. The van der Waals surface area contributed by atoms with Gasteiger partial charge in [-0.15, -0.1) is 0 Å². The van der Waals surface area contributed by atoms with Crippen LogP contribution in [0.3, 0.4) is 0 Å². The number of nitrogens with one attached hydrogen (secondary N) is 1. The van der Waals surface area contributed by atoms with Crippen LogP contribution in [0.4, 0.5) is 0 Å². The third-order valence-corrected chi connectivity index (χ3v) is 5.97. The van der Waals surface area contributed by atoms with E-state index in [1.807, 2.05) is 42.5 Å². The first kappa shape index (κ1) is 25.4. The lowest BCUT2D eigenvalue weighted by molar-refractivity contribution is -0.117. The summed E-state index contributed by atoms with van der Waals surface area (Å²) in [5.41, 5.74) is 2.49. The molecule has 1 amide bonds. The average Bonchev–Trinajstić information content (AvgIpc) is 2.86. The monoisotopic (exact) mass is 588 g/mol. The zero-order valence-corrected chi connectivity index (χ0v) is 21.5. The first-order valence-corrected chi connectivity index (χ1v) is 11.7. The van der Waals surface area contributed by atoms with Crippen LogP contribution in [-0.2, 0) is 17.9 Å². The maximum Gasteiger partial charge on any atom is 0.262 e. The average molecular weight is 589 g/mol. The molecule has 8 heteroatoms. The van der Waals surface area contributed by atoms with Crippen molar-refractivity contribution < 1.29 is 19.0 Å². The lowest BCUT2D eigenvalue weighted by atomic mass is 10.1. The molecule has 3 aromatic carbocycles. The van der Waals surface area contributed by atoms with Crippen LogP contribution < -0.4 is 19.5 Å². The fraction of sp³-hybridized carbons (Fsp3) is 0.154. The molecule has 0 radical (unpaired) electrons. The minimum atomic E-state index is -0.474. The number of ether oxygens (including phenoxy) is 3. The van der Waals surface area contributed by atoms with Gasteiger partial charge in [0.25, 0.3) is 5.91 Å². The van der Waals surface area contributed by atoms with Gasteiger partial charge in [0.1, 0.15) is 35.5 Å². The van der Waals surface area contributed by atoms with E-state index in [1.165, 1.54) is 0 Å². The number of benzene rings is 3. The highest BCUT2D eigenvalue weighted by Gasteiger charge is 2.12. The zero-order valence-electron chi connectivity index (χ0n) is 18.6. The molecule has 6 nitrogen and oxygen atoms in total. The Morgan fingerprint density at radius 1 is 1.06 bits per heavy atom. The van der Waals surface area contributed by atoms with Gasteiger partial charge in [-0.3, -0.25) is 4.79 Å². The van der Waals surface area contributed by atoms with Crippen molar-refractivity contribution in [3.63, 3.8) is 0 Å². The second kappa shape index (κ2) is 12.3. The molecule has 0 fully saturated rings. The Kier molecular flexibility index (Phi) is 9.19. The standard InChI is InChI=1S/C26H22ClIN2O4/c1-32-22-9-6-19(25(13-22)33-2)15-30-26(31)20(14-29)11-18-5-10-24(23(28)12-18)34-16-17-3-7-21(27)8-4-17/h3-13H,15-16H2,1-2H3,(H,30,31)/b20-11+. The molecule has 0 aromatic heterocycles. The smallest absolute Gasteiger partial charge is 0.262 e. The maximum atomic E-state index is 12.6. The highest BCUT2D eigenvalue weighted by molar-refractivity contribution is 14.1. The summed E-state index contributed by atoms with van der Waals surface area (Å²) < 4.78 is 17.3. The van der Waals surface area contributed by atoms with Crippen LogP contribution in [0.2, 0.25) is 5.02 Å². The van der Waals surface area contributed by atoms with Gasteiger partial charge in [0.15, 0.2) is 0 Å². The van der Waals surface area contributed by atoms with Crippen LogP contribution in [0, 0.1) is 14.9 Å². The first-order chi connectivity index (χ1) is 16.4. The lowest BCUT2D eigenvalue weighted by Crippen LogP contribution is -2.24. The molecule has 1 N–H and O–H groups in total. The molecule has 0 saturated carbocycles. The van der Waals surface area contributed by atoms with Gasteiger partial charge in [-0.05, 0) is 76.2 Å². The molecule has 0 spiro atoms. The first-order valence-electron chi connectivity index (χ1n) is 10.2. The van der Waals surface area contributed by atoms with E-state index < -0.39 is 5.91 Å². The van der Waals surface area contributed by atoms with Crippen LogP contribution >= 0.6 is 34.2 Å². The second-order valence-corrected chi connectivity index (χ2v) is 8.73. The molecular weight excluding hydrogens is 567 g/mol. The van der Waals surface area contributed by atoms with E-state index in [-0.39, 0.29) is 12.1 Å². The molecule has 0 bridgehead atoms. The van der Waals surface area contributed by atoms with Crippen molar-refractivity contribution in [1.29, 1.82) is 5.26 Å². The number of amides is 1. The predicted octanol–water partition coefficient (Wildman–Crippen LogP) is 5.76. The minimum Gasteiger partial charge on any atom is -0.497 e. The van der Waals surface area contributed by atoms with E-state index in [2.05, 4.69) is 27.9 Å². The Hall–Kier alpha value is -3.22. The lowest BCUT2D eigenvalue weighted by Gasteiger charge is -2.11. The number of carbonyl (C=O) groups is 1. The Morgan fingerprint density at radius 3 is 2.47 bits per heavy atom. The molecule has 0 heterocycles. The minimum absolute atomic E-state index is 0.00175. The van der Waals surface area contributed by atoms with Crippen LogP contribution in [0.1, 0.15) is 16.7 Å². The number of halogens is 2. The van der Waals surface area contributed by atoms with Crippen molar-refractivity contribution >= 4 is 46.2 Å². The van der Waals surface area contributed by atoms with Crippen molar-refractivity contribution in [3.8, 4) is 23.3 Å². The summed E-state index contributed by atoms with van der Waals surface area (Å²) in [6.45, 7) is 0.614. The van der Waals surface area contributed by atoms with E-state index in [9.17, 15) is 10.1 Å². The number of nitriles is 1. The number of hydrogen-bond acceptors (Lipinski definition) is 5. The van der Waals surface area contributed by atoms with Crippen LogP contribution in [0.15, 0.2) is 66.2 Å². The summed E-state index contributed by atoms with van der Waals surface area (Å²) in [5.74, 6) is 1.48. The zero-order chi connectivity index (χ0) is 24.5. The van der Waals surface area contributed by atoms with E-state index in [0.29, 0.717) is 28.9 Å². The van der Waals surface area contributed by atoms with Crippen molar-refractivity contribution in [2.45, 2.75) is 13.2 Å². The molecule has 0 aliphatic carbocycles. The molecule has 34 heavy (non-hydrogen) atoms. The Balaban J connectivity index is 1.66. The molecular formula is C26H22ClIN2O4. The van der Waals surface area contributed by atoms with Crippen LogP contribution in [-0.4, -0.2) is 20.1 Å². The second-order valence-electron chi connectivity index (χ2n) is 7.14. The maximum absolute atomic E-state index is 12.6. The third-order valence-electron chi connectivity index (χ3n) is 4.87. The molecule has 0 saturated heterocycles. The molecule has 3 rings (SSSR count). The summed E-state index contributed by atoms with van der Waals surface area (Å²) in [5, 5.41) is 13.0. The van der Waals surface area contributed by atoms with Crippen molar-refractivity contribution in [2.24, 2.45) is 0 Å². The topological polar surface area (TPSA) is 80.6 Å². The van der Waals surface area contributed by atoms with Gasteiger partial charge in [0, 0.05) is 23.2 Å². The largest absolute Gasteiger partial charge is 0.497 e. The van der Waals surface area contributed by atoms with Gasteiger partial charge in [0.05, 0.1) is 17.8 Å². The van der Waals surface area contributed by atoms with Crippen molar-refractivity contribution in [2.75, 3.05) is 14.2 Å². The quantitative estimate of drug-likeness (QED) is 0.195. The van der Waals surface area contributed by atoms with E-state index in [0.717, 1.165) is 20.3 Å². The number of hydrogen-bond donors (Lipinski definition) is 1. The van der Waals surface area contributed by atoms with Gasteiger partial charge in [-0.25, -0.2) is 0 Å². The third kappa shape index (κ3) is 6.89. The fourth-order valence-electron chi connectivity index (χ4n) is 3.05. The van der Waals surface area contributed by atoms with E-state index >= 15 is 0 Å². The highest BCUT2D eigenvalue weighted by atomic mass is 127. The summed E-state index contributed by atoms with van der Waals surface area (Å²) in [6.07, 6.45) is 1.55. The molecule has 3 aromatic rings. The molecule has 0 aliphatic rings. The number of rotatable bonds is 9. The van der Waals surface area contributed by atoms with Gasteiger partial charge in [-0.1, -0.05) is 29.8 Å². The van der Waals surface area contributed by atoms with E-state index in [1.54, 1.807) is 44.6 Å². The van der Waals surface area contributed by atoms with E-state index in [4.69, 9.17) is 25.8 Å². The van der Waals surface area contributed by atoms with Crippen LogP contribution in [0.25, 0.3) is 6.08 Å². The SMILES string of the molecule is COc1ccc(CNC(=O)/C(C#N)=C/c2ccc(OCc3ccc(Cl)cc3)c(I)c2)c(OC)c1. The van der Waals surface area contributed by atoms with Crippen molar-refractivity contribution in [1.82, 2.24) is 5.32 Å². The predicted molar refractivity (Wildman–Crippen MR) is 140 cm³/mol. The summed E-state index contributed by atoms with van der Waals surface area (Å²) in [6, 6.07) is 20.2. The van der Waals surface area contributed by atoms with Gasteiger partial charge in [-0.2, -0.15) is 5.26 Å². The number of methoxy groups -OCH3 is 2. The summed E-state index contributed by atoms with van der Waals surface area (Å²) in [4.78, 5) is 12.6. The molecule has 0 unspecified atom stereocenters. The summed E-state index contributed by atoms with van der Waals surface area (Å²) >= 11 is 8.08.